The number of nitrogens with one attached hydrogen (secondary N) is 1. The molecule has 0 spiro atoms. The van der Waals surface area contributed by atoms with Gasteiger partial charge < -0.3 is 10.1 Å². The Labute approximate surface area is 136 Å². The molecule has 0 saturated carbocycles. The molecule has 1 atom stereocenters. The van der Waals surface area contributed by atoms with E-state index >= 15 is 0 Å². The number of halogens is 2. The molecule has 0 aliphatic carbocycles. The Morgan fingerprint density at radius 2 is 1.91 bits per heavy atom. The molecular formula is C18H21ClFNO. The first kappa shape index (κ1) is 16.8. The minimum atomic E-state index is -0.341. The highest BCUT2D eigenvalue weighted by molar-refractivity contribution is 6.31. The van der Waals surface area contributed by atoms with Gasteiger partial charge in [0.25, 0.3) is 0 Å². The molecule has 1 unspecified atom stereocenters. The Balaban J connectivity index is 1.88. The van der Waals surface area contributed by atoms with Gasteiger partial charge in [-0.25, -0.2) is 4.39 Å². The summed E-state index contributed by atoms with van der Waals surface area (Å²) < 4.78 is 18.7. The molecule has 2 nitrogen and oxygen atoms in total. The predicted molar refractivity (Wildman–Crippen MR) is 88.8 cm³/mol. The zero-order valence-electron chi connectivity index (χ0n) is 12.9. The molecule has 2 aromatic carbocycles. The van der Waals surface area contributed by atoms with Crippen molar-refractivity contribution in [3.05, 3.63) is 64.4 Å². The smallest absolute Gasteiger partial charge is 0.124 e. The SMILES string of the molecule is CCC(C)NCc1ccc(OCc2ccc(F)cc2Cl)cc1. The molecule has 1 N–H and O–H groups in total. The first-order valence-corrected chi connectivity index (χ1v) is 7.85. The van der Waals surface area contributed by atoms with Gasteiger partial charge in [-0.2, -0.15) is 0 Å². The van der Waals surface area contributed by atoms with Crippen LogP contribution in [0.2, 0.25) is 5.02 Å². The third-order valence-corrected chi connectivity index (χ3v) is 3.95. The average molecular weight is 322 g/mol. The topological polar surface area (TPSA) is 21.3 Å². The van der Waals surface area contributed by atoms with Crippen LogP contribution in [0.15, 0.2) is 42.5 Å². The fourth-order valence-corrected chi connectivity index (χ4v) is 2.16. The van der Waals surface area contributed by atoms with E-state index in [2.05, 4.69) is 19.2 Å². The lowest BCUT2D eigenvalue weighted by molar-refractivity contribution is 0.306. The molecule has 0 bridgehead atoms. The predicted octanol–water partition coefficient (Wildman–Crippen LogP) is 4.95. The molecule has 0 amide bonds. The summed E-state index contributed by atoms with van der Waals surface area (Å²) >= 11 is 5.98. The summed E-state index contributed by atoms with van der Waals surface area (Å²) in [5, 5.41) is 3.83. The molecule has 2 rings (SSSR count). The fraction of sp³-hybridized carbons (Fsp3) is 0.333. The molecule has 4 heteroatoms. The van der Waals surface area contributed by atoms with E-state index in [1.54, 1.807) is 6.07 Å². The van der Waals surface area contributed by atoms with E-state index in [1.807, 2.05) is 24.3 Å². The minimum absolute atomic E-state index is 0.323. The molecule has 0 aliphatic rings. The van der Waals surface area contributed by atoms with E-state index in [9.17, 15) is 4.39 Å². The maximum absolute atomic E-state index is 13.0. The summed E-state index contributed by atoms with van der Waals surface area (Å²) in [7, 11) is 0. The maximum Gasteiger partial charge on any atom is 0.124 e. The Kier molecular flexibility index (Phi) is 6.22. The molecule has 0 aliphatic heterocycles. The monoisotopic (exact) mass is 321 g/mol. The zero-order valence-corrected chi connectivity index (χ0v) is 13.7. The van der Waals surface area contributed by atoms with Gasteiger partial charge in [0.2, 0.25) is 0 Å². The van der Waals surface area contributed by atoms with Crippen LogP contribution >= 0.6 is 11.6 Å². The van der Waals surface area contributed by atoms with Crippen molar-refractivity contribution in [1.29, 1.82) is 0 Å². The van der Waals surface area contributed by atoms with Gasteiger partial charge in [-0.3, -0.25) is 0 Å². The molecule has 2 aromatic rings. The van der Waals surface area contributed by atoms with Crippen molar-refractivity contribution >= 4 is 11.6 Å². The highest BCUT2D eigenvalue weighted by atomic mass is 35.5. The normalized spacial score (nSPS) is 12.2. The highest BCUT2D eigenvalue weighted by Gasteiger charge is 2.04. The molecule has 0 heterocycles. The molecule has 22 heavy (non-hydrogen) atoms. The number of rotatable bonds is 7. The van der Waals surface area contributed by atoms with E-state index in [0.29, 0.717) is 17.7 Å². The molecule has 0 radical (unpaired) electrons. The third-order valence-electron chi connectivity index (χ3n) is 3.60. The number of benzene rings is 2. The van der Waals surface area contributed by atoms with Crippen molar-refractivity contribution in [1.82, 2.24) is 5.32 Å². The maximum atomic E-state index is 13.0. The van der Waals surface area contributed by atoms with Crippen LogP contribution in [0.5, 0.6) is 5.75 Å². The van der Waals surface area contributed by atoms with Crippen LogP contribution in [0.3, 0.4) is 0 Å². The summed E-state index contributed by atoms with van der Waals surface area (Å²) in [5.41, 5.74) is 1.98. The van der Waals surface area contributed by atoms with Crippen molar-refractivity contribution < 1.29 is 9.13 Å². The van der Waals surface area contributed by atoms with Crippen molar-refractivity contribution in [2.45, 2.75) is 39.5 Å². The first-order valence-electron chi connectivity index (χ1n) is 7.47. The second-order valence-electron chi connectivity index (χ2n) is 5.36. The lowest BCUT2D eigenvalue weighted by Gasteiger charge is -2.12. The van der Waals surface area contributed by atoms with E-state index in [4.69, 9.17) is 16.3 Å². The van der Waals surface area contributed by atoms with Gasteiger partial charge in [-0.15, -0.1) is 0 Å². The van der Waals surface area contributed by atoms with Gasteiger partial charge >= 0.3 is 0 Å². The van der Waals surface area contributed by atoms with Crippen LogP contribution in [0.25, 0.3) is 0 Å². The van der Waals surface area contributed by atoms with Crippen molar-refractivity contribution in [3.8, 4) is 5.75 Å². The second kappa shape index (κ2) is 8.16. The minimum Gasteiger partial charge on any atom is -0.489 e. The van der Waals surface area contributed by atoms with Crippen LogP contribution in [-0.2, 0) is 13.2 Å². The summed E-state index contributed by atoms with van der Waals surface area (Å²) in [6.45, 7) is 5.50. The van der Waals surface area contributed by atoms with Crippen LogP contribution in [0.1, 0.15) is 31.4 Å². The average Bonchev–Trinajstić information content (AvgIpc) is 2.52. The molecule has 0 fully saturated rings. The second-order valence-corrected chi connectivity index (χ2v) is 5.77. The molecule has 118 valence electrons. The largest absolute Gasteiger partial charge is 0.489 e. The Morgan fingerprint density at radius 1 is 1.18 bits per heavy atom. The van der Waals surface area contributed by atoms with E-state index < -0.39 is 0 Å². The van der Waals surface area contributed by atoms with Crippen molar-refractivity contribution in [3.63, 3.8) is 0 Å². The summed E-state index contributed by atoms with van der Waals surface area (Å²) in [6, 6.07) is 12.8. The fourth-order valence-electron chi connectivity index (χ4n) is 1.94. The number of hydrogen-bond acceptors (Lipinski definition) is 2. The Bertz CT molecular complexity index is 601. The van der Waals surface area contributed by atoms with Gasteiger partial charge in [0.15, 0.2) is 0 Å². The van der Waals surface area contributed by atoms with Crippen molar-refractivity contribution in [2.24, 2.45) is 0 Å². The van der Waals surface area contributed by atoms with Gasteiger partial charge in [0.1, 0.15) is 18.2 Å². The molecule has 0 saturated heterocycles. The first-order chi connectivity index (χ1) is 10.6. The Hall–Kier alpha value is -1.58. The quantitative estimate of drug-likeness (QED) is 0.779. The summed E-state index contributed by atoms with van der Waals surface area (Å²) in [5.74, 6) is 0.430. The highest BCUT2D eigenvalue weighted by Crippen LogP contribution is 2.20. The van der Waals surface area contributed by atoms with E-state index in [0.717, 1.165) is 24.3 Å². The standard InChI is InChI=1S/C18H21ClFNO/c1-3-13(2)21-11-14-4-8-17(9-5-14)22-12-15-6-7-16(20)10-18(15)19/h4-10,13,21H,3,11-12H2,1-2H3. The number of hydrogen-bond donors (Lipinski definition) is 1. The van der Waals surface area contributed by atoms with Crippen LogP contribution < -0.4 is 10.1 Å². The van der Waals surface area contributed by atoms with Gasteiger partial charge in [0, 0.05) is 18.2 Å². The lowest BCUT2D eigenvalue weighted by atomic mass is 10.2. The zero-order chi connectivity index (χ0) is 15.9. The van der Waals surface area contributed by atoms with Crippen LogP contribution in [0.4, 0.5) is 4.39 Å². The Morgan fingerprint density at radius 3 is 2.55 bits per heavy atom. The van der Waals surface area contributed by atoms with Crippen molar-refractivity contribution in [2.75, 3.05) is 0 Å². The van der Waals surface area contributed by atoms with Gasteiger partial charge in [-0.1, -0.05) is 36.7 Å². The summed E-state index contributed by atoms with van der Waals surface area (Å²) in [6.07, 6.45) is 1.11. The van der Waals surface area contributed by atoms with Gasteiger partial charge in [-0.05, 0) is 43.2 Å². The third kappa shape index (κ3) is 5.00. The summed E-state index contributed by atoms with van der Waals surface area (Å²) in [4.78, 5) is 0. The number of ether oxygens (including phenoxy) is 1. The molecular weight excluding hydrogens is 301 g/mol. The van der Waals surface area contributed by atoms with Crippen LogP contribution in [0, 0.1) is 5.82 Å². The lowest BCUT2D eigenvalue weighted by Crippen LogP contribution is -2.24. The van der Waals surface area contributed by atoms with E-state index in [-0.39, 0.29) is 5.82 Å². The van der Waals surface area contributed by atoms with E-state index in [1.165, 1.54) is 17.7 Å². The van der Waals surface area contributed by atoms with Gasteiger partial charge in [0.05, 0.1) is 5.02 Å². The molecule has 0 aromatic heterocycles. The van der Waals surface area contributed by atoms with Crippen LogP contribution in [-0.4, -0.2) is 6.04 Å².